The van der Waals surface area contributed by atoms with Crippen LogP contribution in [0.4, 0.5) is 17.2 Å². The quantitative estimate of drug-likeness (QED) is 0.657. The maximum absolute atomic E-state index is 12.3. The third-order valence-corrected chi connectivity index (χ3v) is 3.76. The second-order valence-corrected chi connectivity index (χ2v) is 6.17. The van der Waals surface area contributed by atoms with Crippen LogP contribution in [0.15, 0.2) is 18.6 Å². The summed E-state index contributed by atoms with van der Waals surface area (Å²) >= 11 is 6.19. The predicted octanol–water partition coefficient (Wildman–Crippen LogP) is 3.55. The number of nitrogens with one attached hydrogen (secondary N) is 2. The molecule has 0 saturated carbocycles. The highest BCUT2D eigenvalue weighted by atomic mass is 35.5. The molecule has 0 atom stereocenters. The van der Waals surface area contributed by atoms with E-state index in [2.05, 4.69) is 39.4 Å². The van der Waals surface area contributed by atoms with E-state index in [1.54, 1.807) is 0 Å². The van der Waals surface area contributed by atoms with E-state index in [-0.39, 0.29) is 29.1 Å². The number of nitrogen functional groups attached to an aromatic ring is 1. The van der Waals surface area contributed by atoms with Gasteiger partial charge in [0.05, 0.1) is 17.6 Å². The number of nitrogens with two attached hydrogens (primary N) is 1. The van der Waals surface area contributed by atoms with Crippen molar-refractivity contribution >= 4 is 47.1 Å². The lowest BCUT2D eigenvalue weighted by molar-refractivity contribution is 0.102. The molecule has 25 heavy (non-hydrogen) atoms. The zero-order valence-electron chi connectivity index (χ0n) is 14.3. The summed E-state index contributed by atoms with van der Waals surface area (Å²) in [7, 11) is 0. The third-order valence-electron chi connectivity index (χ3n) is 3.49. The maximum atomic E-state index is 12.3. The van der Waals surface area contributed by atoms with Gasteiger partial charge in [0.25, 0.3) is 5.91 Å². The minimum atomic E-state index is -0.407. The van der Waals surface area contributed by atoms with Gasteiger partial charge >= 0.3 is 0 Å². The van der Waals surface area contributed by atoms with E-state index < -0.39 is 5.91 Å². The second kappa shape index (κ2) is 9.39. The first-order valence-corrected chi connectivity index (χ1v) is 8.04. The van der Waals surface area contributed by atoms with Crippen LogP contribution in [-0.2, 0) is 0 Å². The highest BCUT2D eigenvalue weighted by Gasteiger charge is 2.17. The van der Waals surface area contributed by atoms with Crippen LogP contribution in [0, 0.1) is 12.8 Å². The van der Waals surface area contributed by atoms with Crippen molar-refractivity contribution in [3.8, 4) is 0 Å². The van der Waals surface area contributed by atoms with Gasteiger partial charge in [0, 0.05) is 24.5 Å². The zero-order chi connectivity index (χ0) is 17.7. The smallest absolute Gasteiger partial charge is 0.275 e. The van der Waals surface area contributed by atoms with E-state index in [0.717, 1.165) is 18.5 Å². The van der Waals surface area contributed by atoms with Crippen LogP contribution < -0.4 is 16.4 Å². The number of hydrogen-bond acceptors (Lipinski definition) is 6. The van der Waals surface area contributed by atoms with Gasteiger partial charge in [-0.3, -0.25) is 9.78 Å². The van der Waals surface area contributed by atoms with E-state index >= 15 is 0 Å². The fraction of sp³-hybridized carbons (Fsp3) is 0.375. The summed E-state index contributed by atoms with van der Waals surface area (Å²) in [5.74, 6) is 0.313. The Morgan fingerprint density at radius 3 is 2.64 bits per heavy atom. The molecule has 2 aromatic rings. The van der Waals surface area contributed by atoms with Crippen LogP contribution in [0.5, 0.6) is 0 Å². The van der Waals surface area contributed by atoms with Crippen LogP contribution in [0.2, 0.25) is 5.15 Å². The van der Waals surface area contributed by atoms with Crippen molar-refractivity contribution in [3.05, 3.63) is 35.0 Å². The van der Waals surface area contributed by atoms with Crippen LogP contribution in [0.3, 0.4) is 0 Å². The number of pyridine rings is 1. The summed E-state index contributed by atoms with van der Waals surface area (Å²) in [5.41, 5.74) is 7.93. The number of amides is 1. The molecule has 0 aromatic carbocycles. The molecule has 4 N–H and O–H groups in total. The highest BCUT2D eigenvalue weighted by molar-refractivity contribution is 6.32. The Labute approximate surface area is 158 Å². The van der Waals surface area contributed by atoms with Crippen molar-refractivity contribution in [2.45, 2.75) is 27.2 Å². The molecule has 9 heteroatoms. The van der Waals surface area contributed by atoms with Crippen molar-refractivity contribution in [2.75, 3.05) is 22.9 Å². The summed E-state index contributed by atoms with van der Waals surface area (Å²) in [6, 6.07) is 0. The molecule has 0 aliphatic rings. The largest absolute Gasteiger partial charge is 0.382 e. The first-order valence-electron chi connectivity index (χ1n) is 7.67. The SMILES string of the molecule is Cc1c(NC(=O)c2cnccn2)c(N)nc(Cl)c1NCCC(C)C.Cl. The third kappa shape index (κ3) is 5.44. The molecule has 7 nitrogen and oxygen atoms in total. The maximum Gasteiger partial charge on any atom is 0.275 e. The Kier molecular flexibility index (Phi) is 7.86. The first-order chi connectivity index (χ1) is 11.4. The van der Waals surface area contributed by atoms with Gasteiger partial charge in [-0.25, -0.2) is 9.97 Å². The molecule has 0 saturated heterocycles. The average Bonchev–Trinajstić information content (AvgIpc) is 2.55. The Morgan fingerprint density at radius 1 is 1.32 bits per heavy atom. The van der Waals surface area contributed by atoms with Crippen molar-refractivity contribution in [3.63, 3.8) is 0 Å². The summed E-state index contributed by atoms with van der Waals surface area (Å²) in [5, 5.41) is 6.28. The van der Waals surface area contributed by atoms with Crippen LogP contribution in [0.1, 0.15) is 36.3 Å². The minimum absolute atomic E-state index is 0. The predicted molar refractivity (Wildman–Crippen MR) is 104 cm³/mol. The van der Waals surface area contributed by atoms with Gasteiger partial charge in [-0.2, -0.15) is 0 Å². The van der Waals surface area contributed by atoms with Crippen molar-refractivity contribution in [1.29, 1.82) is 0 Å². The fourth-order valence-corrected chi connectivity index (χ4v) is 2.43. The lowest BCUT2D eigenvalue weighted by atomic mass is 10.1. The molecule has 0 aliphatic heterocycles. The zero-order valence-corrected chi connectivity index (χ0v) is 15.9. The molecule has 1 amide bonds. The lowest BCUT2D eigenvalue weighted by Crippen LogP contribution is -2.17. The average molecular weight is 385 g/mol. The summed E-state index contributed by atoms with van der Waals surface area (Å²) in [6.07, 6.45) is 5.31. The molecule has 2 aromatic heterocycles. The number of carbonyl (C=O) groups excluding carboxylic acids is 1. The van der Waals surface area contributed by atoms with Gasteiger partial charge in [0.1, 0.15) is 11.5 Å². The van der Waals surface area contributed by atoms with Gasteiger partial charge in [-0.15, -0.1) is 12.4 Å². The Hall–Kier alpha value is -2.12. The van der Waals surface area contributed by atoms with Gasteiger partial charge in [-0.05, 0) is 19.3 Å². The fourth-order valence-electron chi connectivity index (χ4n) is 2.13. The molecular formula is C16H22Cl2N6O. The van der Waals surface area contributed by atoms with E-state index in [1.807, 2.05) is 6.92 Å². The summed E-state index contributed by atoms with van der Waals surface area (Å²) < 4.78 is 0. The molecule has 2 heterocycles. The number of hydrogen-bond donors (Lipinski definition) is 3. The van der Waals surface area contributed by atoms with Gasteiger partial charge in [0.15, 0.2) is 5.15 Å². The first kappa shape index (κ1) is 20.9. The number of aromatic nitrogens is 3. The Balaban J connectivity index is 0.00000312. The molecule has 0 unspecified atom stereocenters. The molecule has 2 rings (SSSR count). The monoisotopic (exact) mass is 384 g/mol. The molecule has 0 spiro atoms. The van der Waals surface area contributed by atoms with Crippen LogP contribution in [0.25, 0.3) is 0 Å². The summed E-state index contributed by atoms with van der Waals surface area (Å²) in [4.78, 5) is 24.2. The van der Waals surface area contributed by atoms with Crippen LogP contribution >= 0.6 is 24.0 Å². The van der Waals surface area contributed by atoms with Gasteiger partial charge in [-0.1, -0.05) is 25.4 Å². The number of anilines is 3. The second-order valence-electron chi connectivity index (χ2n) is 5.82. The van der Waals surface area contributed by atoms with Gasteiger partial charge < -0.3 is 16.4 Å². The molecule has 0 bridgehead atoms. The van der Waals surface area contributed by atoms with Crippen molar-refractivity contribution < 1.29 is 4.79 Å². The number of nitrogens with zero attached hydrogens (tertiary/aromatic N) is 3. The van der Waals surface area contributed by atoms with Crippen molar-refractivity contribution in [2.24, 2.45) is 5.92 Å². The Bertz CT molecular complexity index is 724. The minimum Gasteiger partial charge on any atom is -0.382 e. The van der Waals surface area contributed by atoms with E-state index in [1.165, 1.54) is 18.6 Å². The topological polar surface area (TPSA) is 106 Å². The van der Waals surface area contributed by atoms with Crippen molar-refractivity contribution in [1.82, 2.24) is 15.0 Å². The molecule has 0 radical (unpaired) electrons. The highest BCUT2D eigenvalue weighted by Crippen LogP contribution is 2.33. The van der Waals surface area contributed by atoms with Gasteiger partial charge in [0.2, 0.25) is 0 Å². The number of halogens is 2. The summed E-state index contributed by atoms with van der Waals surface area (Å²) in [6.45, 7) is 6.86. The molecular weight excluding hydrogens is 363 g/mol. The Morgan fingerprint density at radius 2 is 2.04 bits per heavy atom. The van der Waals surface area contributed by atoms with E-state index in [0.29, 0.717) is 17.3 Å². The molecule has 136 valence electrons. The van der Waals surface area contributed by atoms with Crippen LogP contribution in [-0.4, -0.2) is 27.4 Å². The molecule has 0 aliphatic carbocycles. The van der Waals surface area contributed by atoms with E-state index in [4.69, 9.17) is 17.3 Å². The molecule has 0 fully saturated rings. The number of carbonyl (C=O) groups is 1. The lowest BCUT2D eigenvalue weighted by Gasteiger charge is -2.17. The van der Waals surface area contributed by atoms with E-state index in [9.17, 15) is 4.79 Å². The standard InChI is InChI=1S/C16H21ClN6O.ClH/c1-9(2)4-5-21-12-10(3)13(15(18)23-14(12)17)22-16(24)11-8-19-6-7-20-11;/h6-9,21H,4-5H2,1-3H3,(H2,18,23)(H,22,24);1H. The normalized spacial score (nSPS) is 10.3. The number of rotatable bonds is 6.